The van der Waals surface area contributed by atoms with Crippen molar-refractivity contribution in [3.63, 3.8) is 0 Å². The molecule has 3 rings (SSSR count). The minimum absolute atomic E-state index is 0. The van der Waals surface area contributed by atoms with Gasteiger partial charge in [-0.05, 0) is 67.3 Å². The van der Waals surface area contributed by atoms with E-state index in [9.17, 15) is 5.11 Å². The first-order chi connectivity index (χ1) is 11.1. The third kappa shape index (κ3) is 5.32. The SMILES string of the molecule is COc1ccc2c(c1)CC(CC(N)(O)c1cccnc1)CCC2.Cl.Cl. The predicted molar refractivity (Wildman–Crippen MR) is 105 cm³/mol. The molecule has 0 amide bonds. The Balaban J connectivity index is 0.00000156. The summed E-state index contributed by atoms with van der Waals surface area (Å²) in [5.74, 6) is 1.23. The molecule has 1 aliphatic carbocycles. The quantitative estimate of drug-likeness (QED) is 0.623. The fourth-order valence-corrected chi connectivity index (χ4v) is 3.51. The van der Waals surface area contributed by atoms with Gasteiger partial charge in [0.05, 0.1) is 7.11 Å². The number of aliphatic hydroxyl groups is 1. The van der Waals surface area contributed by atoms with E-state index in [4.69, 9.17) is 10.5 Å². The lowest BCUT2D eigenvalue weighted by Crippen LogP contribution is -2.38. The maximum atomic E-state index is 10.7. The first kappa shape index (κ1) is 21.7. The number of pyridine rings is 1. The van der Waals surface area contributed by atoms with Crippen LogP contribution in [0.15, 0.2) is 42.7 Å². The fraction of sp³-hybridized carbons (Fsp3) is 0.421. The highest BCUT2D eigenvalue weighted by molar-refractivity contribution is 5.85. The third-order valence-electron chi connectivity index (χ3n) is 4.74. The lowest BCUT2D eigenvalue weighted by atomic mass is 9.86. The Kier molecular flexibility index (Phi) is 8.16. The zero-order valence-electron chi connectivity index (χ0n) is 14.4. The fourth-order valence-electron chi connectivity index (χ4n) is 3.51. The summed E-state index contributed by atoms with van der Waals surface area (Å²) in [5.41, 5.74) is 8.23. The van der Waals surface area contributed by atoms with E-state index in [1.54, 1.807) is 25.6 Å². The van der Waals surface area contributed by atoms with Gasteiger partial charge in [0.1, 0.15) is 11.5 Å². The summed E-state index contributed by atoms with van der Waals surface area (Å²) < 4.78 is 5.34. The Hall–Kier alpha value is -1.33. The van der Waals surface area contributed by atoms with Gasteiger partial charge < -0.3 is 9.84 Å². The number of rotatable bonds is 4. The van der Waals surface area contributed by atoms with Gasteiger partial charge >= 0.3 is 0 Å². The molecule has 6 heteroatoms. The Bertz CT molecular complexity index is 666. The predicted octanol–water partition coefficient (Wildman–Crippen LogP) is 3.62. The number of ether oxygens (including phenoxy) is 1. The van der Waals surface area contributed by atoms with Crippen LogP contribution < -0.4 is 10.5 Å². The highest BCUT2D eigenvalue weighted by atomic mass is 35.5. The summed E-state index contributed by atoms with van der Waals surface area (Å²) in [6, 6.07) is 9.94. The normalized spacial score (nSPS) is 18.6. The number of methoxy groups -OCH3 is 1. The second-order valence-electron chi connectivity index (χ2n) is 6.47. The molecular formula is C19H26Cl2N2O2. The molecule has 4 nitrogen and oxygen atoms in total. The van der Waals surface area contributed by atoms with E-state index in [1.807, 2.05) is 12.1 Å². The molecule has 0 saturated heterocycles. The van der Waals surface area contributed by atoms with Gasteiger partial charge in [0.25, 0.3) is 0 Å². The van der Waals surface area contributed by atoms with Crippen molar-refractivity contribution in [1.29, 1.82) is 0 Å². The van der Waals surface area contributed by atoms with Gasteiger partial charge in [-0.25, -0.2) is 0 Å². The molecular weight excluding hydrogens is 359 g/mol. The molecule has 0 aliphatic heterocycles. The average Bonchev–Trinajstić information content (AvgIpc) is 2.76. The third-order valence-corrected chi connectivity index (χ3v) is 4.74. The first-order valence-corrected chi connectivity index (χ1v) is 8.16. The maximum Gasteiger partial charge on any atom is 0.141 e. The smallest absolute Gasteiger partial charge is 0.141 e. The molecule has 1 heterocycles. The van der Waals surface area contributed by atoms with Gasteiger partial charge in [-0.1, -0.05) is 12.1 Å². The highest BCUT2D eigenvalue weighted by Crippen LogP contribution is 2.33. The highest BCUT2D eigenvalue weighted by Gasteiger charge is 2.29. The molecule has 1 aliphatic rings. The summed E-state index contributed by atoms with van der Waals surface area (Å²) in [5, 5.41) is 10.7. The van der Waals surface area contributed by atoms with Crippen LogP contribution in [0.3, 0.4) is 0 Å². The molecule has 2 atom stereocenters. The Morgan fingerprint density at radius 2 is 2.08 bits per heavy atom. The van der Waals surface area contributed by atoms with Crippen LogP contribution in [0.5, 0.6) is 5.75 Å². The summed E-state index contributed by atoms with van der Waals surface area (Å²) in [4.78, 5) is 4.06. The largest absolute Gasteiger partial charge is 0.497 e. The van der Waals surface area contributed by atoms with Gasteiger partial charge in [-0.3, -0.25) is 10.7 Å². The van der Waals surface area contributed by atoms with Gasteiger partial charge in [0, 0.05) is 18.0 Å². The van der Waals surface area contributed by atoms with Crippen molar-refractivity contribution in [3.8, 4) is 5.75 Å². The summed E-state index contributed by atoms with van der Waals surface area (Å²) >= 11 is 0. The number of hydrogen-bond donors (Lipinski definition) is 2. The molecule has 0 spiro atoms. The van der Waals surface area contributed by atoms with E-state index >= 15 is 0 Å². The van der Waals surface area contributed by atoms with Gasteiger partial charge in [-0.15, -0.1) is 24.8 Å². The molecule has 25 heavy (non-hydrogen) atoms. The van der Waals surface area contributed by atoms with E-state index in [0.29, 0.717) is 17.9 Å². The van der Waals surface area contributed by atoms with Crippen LogP contribution in [0, 0.1) is 5.92 Å². The van der Waals surface area contributed by atoms with Crippen molar-refractivity contribution in [2.45, 2.75) is 37.8 Å². The van der Waals surface area contributed by atoms with Crippen LogP contribution in [-0.2, 0) is 18.6 Å². The van der Waals surface area contributed by atoms with Crippen molar-refractivity contribution < 1.29 is 9.84 Å². The second kappa shape index (κ2) is 9.39. The van der Waals surface area contributed by atoms with Gasteiger partial charge in [-0.2, -0.15) is 0 Å². The van der Waals surface area contributed by atoms with E-state index in [0.717, 1.165) is 31.4 Å². The standard InChI is InChI=1S/C19H24N2O2.2ClH/c1-23-18-8-7-15-5-2-4-14(10-16(15)11-18)12-19(20,22)17-6-3-9-21-13-17;;/h3,6-9,11,13-14,22H,2,4-5,10,12,20H2,1H3;2*1H. The summed E-state index contributed by atoms with van der Waals surface area (Å²) in [6.45, 7) is 0. The lowest BCUT2D eigenvalue weighted by molar-refractivity contribution is 0.0155. The molecule has 1 aromatic carbocycles. The number of fused-ring (bicyclic) bond motifs is 1. The van der Waals surface area contributed by atoms with Crippen LogP contribution in [-0.4, -0.2) is 17.2 Å². The minimum atomic E-state index is -1.33. The number of benzene rings is 1. The minimum Gasteiger partial charge on any atom is -0.497 e. The topological polar surface area (TPSA) is 68.4 Å². The van der Waals surface area contributed by atoms with E-state index in [-0.39, 0.29) is 24.8 Å². The Morgan fingerprint density at radius 3 is 2.76 bits per heavy atom. The van der Waals surface area contributed by atoms with Crippen LogP contribution in [0.4, 0.5) is 0 Å². The number of nitrogens with zero attached hydrogens (tertiary/aromatic N) is 1. The maximum absolute atomic E-state index is 10.7. The molecule has 1 aromatic heterocycles. The van der Waals surface area contributed by atoms with Crippen molar-refractivity contribution in [2.24, 2.45) is 11.7 Å². The zero-order valence-corrected chi connectivity index (χ0v) is 16.0. The first-order valence-electron chi connectivity index (χ1n) is 8.16. The monoisotopic (exact) mass is 384 g/mol. The molecule has 0 fully saturated rings. The van der Waals surface area contributed by atoms with Gasteiger partial charge in [0.2, 0.25) is 0 Å². The van der Waals surface area contributed by atoms with Crippen LogP contribution in [0.1, 0.15) is 36.0 Å². The number of aryl methyl sites for hydroxylation is 1. The van der Waals surface area contributed by atoms with E-state index in [1.165, 1.54) is 11.1 Å². The molecule has 0 saturated carbocycles. The van der Waals surface area contributed by atoms with Crippen molar-refractivity contribution >= 4 is 24.8 Å². The molecule has 3 N–H and O–H groups in total. The van der Waals surface area contributed by atoms with Crippen LogP contribution >= 0.6 is 24.8 Å². The molecule has 2 unspecified atom stereocenters. The van der Waals surface area contributed by atoms with Crippen LogP contribution in [0.2, 0.25) is 0 Å². The Labute approximate surface area is 161 Å². The average molecular weight is 385 g/mol. The van der Waals surface area contributed by atoms with Crippen molar-refractivity contribution in [3.05, 3.63) is 59.4 Å². The zero-order chi connectivity index (χ0) is 16.3. The second-order valence-corrected chi connectivity index (χ2v) is 6.47. The summed E-state index contributed by atoms with van der Waals surface area (Å²) in [6.07, 6.45) is 8.05. The number of halogens is 2. The summed E-state index contributed by atoms with van der Waals surface area (Å²) in [7, 11) is 1.69. The van der Waals surface area contributed by atoms with Crippen LogP contribution in [0.25, 0.3) is 0 Å². The lowest BCUT2D eigenvalue weighted by Gasteiger charge is -2.28. The number of hydrogen-bond acceptors (Lipinski definition) is 4. The number of aromatic nitrogens is 1. The van der Waals surface area contributed by atoms with Crippen molar-refractivity contribution in [2.75, 3.05) is 7.11 Å². The van der Waals surface area contributed by atoms with E-state index in [2.05, 4.69) is 17.1 Å². The Morgan fingerprint density at radius 1 is 1.28 bits per heavy atom. The molecule has 0 radical (unpaired) electrons. The number of nitrogens with two attached hydrogens (primary N) is 1. The van der Waals surface area contributed by atoms with Gasteiger partial charge in [0.15, 0.2) is 0 Å². The van der Waals surface area contributed by atoms with E-state index < -0.39 is 5.72 Å². The molecule has 2 aromatic rings. The molecule has 0 bridgehead atoms. The molecule has 138 valence electrons. The van der Waals surface area contributed by atoms with Crippen molar-refractivity contribution in [1.82, 2.24) is 4.98 Å².